The maximum absolute atomic E-state index is 13.5. The van der Waals surface area contributed by atoms with Gasteiger partial charge >= 0.3 is 0 Å². The van der Waals surface area contributed by atoms with E-state index < -0.39 is 0 Å². The van der Waals surface area contributed by atoms with E-state index in [0.29, 0.717) is 48.3 Å². The number of halogens is 1. The lowest BCUT2D eigenvalue weighted by Gasteiger charge is -2.35. The number of furan rings is 1. The minimum absolute atomic E-state index is 0.0602. The van der Waals surface area contributed by atoms with Crippen molar-refractivity contribution < 1.29 is 9.21 Å². The van der Waals surface area contributed by atoms with Crippen molar-refractivity contribution in [3.63, 3.8) is 0 Å². The number of pyridine rings is 1. The van der Waals surface area contributed by atoms with Crippen molar-refractivity contribution >= 4 is 23.3 Å². The first-order valence-corrected chi connectivity index (χ1v) is 10.8. The smallest absolute Gasteiger partial charge is 0.257 e. The number of nitrogens with zero attached hydrogens (tertiary/aromatic N) is 5. The molecule has 0 spiro atoms. The molecule has 32 heavy (non-hydrogen) atoms. The number of piperazine rings is 1. The highest BCUT2D eigenvalue weighted by atomic mass is 35.5. The Morgan fingerprint density at radius 2 is 1.75 bits per heavy atom. The van der Waals surface area contributed by atoms with Gasteiger partial charge in [-0.1, -0.05) is 35.9 Å². The number of carbonyl (C=O) groups is 1. The molecule has 1 aliphatic rings. The van der Waals surface area contributed by atoms with Crippen molar-refractivity contribution in [2.75, 3.05) is 31.1 Å². The molecular formula is C24H22ClN5O2. The summed E-state index contributed by atoms with van der Waals surface area (Å²) in [5.74, 6) is 2.13. The molecule has 0 saturated carbocycles. The summed E-state index contributed by atoms with van der Waals surface area (Å²) in [5, 5.41) is 5.16. The summed E-state index contributed by atoms with van der Waals surface area (Å²) in [6, 6.07) is 19.1. The van der Waals surface area contributed by atoms with Crippen molar-refractivity contribution in [1.29, 1.82) is 0 Å². The predicted octanol–water partition coefficient (Wildman–Crippen LogP) is 4.45. The first-order chi connectivity index (χ1) is 15.6. The quantitative estimate of drug-likeness (QED) is 0.432. The van der Waals surface area contributed by atoms with Gasteiger partial charge in [0.25, 0.3) is 5.91 Å². The molecule has 3 aromatic heterocycles. The standard InChI is InChI=1S/C24H22ClN5O2/c1-17-10-11-20(32-17)23-19(16-30(27-23)18-6-3-2-4-7-18)24(31)29-14-12-28(13-15-29)22-9-5-8-21(25)26-22/h2-11,16H,12-15H2,1H3. The number of amides is 1. The summed E-state index contributed by atoms with van der Waals surface area (Å²) in [7, 11) is 0. The highest BCUT2D eigenvalue weighted by Gasteiger charge is 2.28. The first kappa shape index (κ1) is 20.3. The van der Waals surface area contributed by atoms with Crippen molar-refractivity contribution in [2.45, 2.75) is 6.92 Å². The Labute approximate surface area is 190 Å². The zero-order valence-corrected chi connectivity index (χ0v) is 18.4. The van der Waals surface area contributed by atoms with Gasteiger partial charge in [0.05, 0.1) is 11.3 Å². The molecule has 8 heteroatoms. The zero-order chi connectivity index (χ0) is 22.1. The second-order valence-corrected chi connectivity index (χ2v) is 8.07. The maximum Gasteiger partial charge on any atom is 0.257 e. The first-order valence-electron chi connectivity index (χ1n) is 10.5. The normalized spacial score (nSPS) is 14.1. The molecule has 1 fully saturated rings. The van der Waals surface area contributed by atoms with E-state index in [1.165, 1.54) is 0 Å². The fourth-order valence-corrected chi connectivity index (χ4v) is 4.03. The van der Waals surface area contributed by atoms with Crippen molar-refractivity contribution in [1.82, 2.24) is 19.7 Å². The minimum Gasteiger partial charge on any atom is -0.460 e. The monoisotopic (exact) mass is 447 g/mol. The van der Waals surface area contributed by atoms with Crippen LogP contribution >= 0.6 is 11.6 Å². The Morgan fingerprint density at radius 1 is 0.969 bits per heavy atom. The lowest BCUT2D eigenvalue weighted by molar-refractivity contribution is 0.0747. The highest BCUT2D eigenvalue weighted by Crippen LogP contribution is 2.27. The van der Waals surface area contributed by atoms with Crippen molar-refractivity contribution in [3.05, 3.63) is 83.3 Å². The Balaban J connectivity index is 1.41. The SMILES string of the molecule is Cc1ccc(-c2nn(-c3ccccc3)cc2C(=O)N2CCN(c3cccc(Cl)n3)CC2)o1. The largest absolute Gasteiger partial charge is 0.460 e. The summed E-state index contributed by atoms with van der Waals surface area (Å²) in [5.41, 5.74) is 1.95. The van der Waals surface area contributed by atoms with E-state index in [2.05, 4.69) is 9.88 Å². The number of hydrogen-bond donors (Lipinski definition) is 0. The number of para-hydroxylation sites is 1. The number of hydrogen-bond acceptors (Lipinski definition) is 5. The highest BCUT2D eigenvalue weighted by molar-refractivity contribution is 6.29. The topological polar surface area (TPSA) is 67.4 Å². The van der Waals surface area contributed by atoms with E-state index >= 15 is 0 Å². The fourth-order valence-electron chi connectivity index (χ4n) is 3.87. The van der Waals surface area contributed by atoms with Crippen LogP contribution in [0.2, 0.25) is 5.15 Å². The summed E-state index contributed by atoms with van der Waals surface area (Å²) in [6.45, 7) is 4.41. The molecule has 7 nitrogen and oxygen atoms in total. The van der Waals surface area contributed by atoms with Gasteiger partial charge in [-0.3, -0.25) is 4.79 Å². The van der Waals surface area contributed by atoms with Crippen molar-refractivity contribution in [3.8, 4) is 17.1 Å². The molecule has 0 bridgehead atoms. The molecular weight excluding hydrogens is 426 g/mol. The molecule has 0 radical (unpaired) electrons. The van der Waals surface area contributed by atoms with Crippen LogP contribution in [0.4, 0.5) is 5.82 Å². The number of rotatable bonds is 4. The molecule has 0 aliphatic carbocycles. The third-order valence-corrected chi connectivity index (χ3v) is 5.74. The molecule has 1 aromatic carbocycles. The zero-order valence-electron chi connectivity index (χ0n) is 17.6. The van der Waals surface area contributed by atoms with Gasteiger partial charge in [-0.15, -0.1) is 0 Å². The molecule has 4 aromatic rings. The lowest BCUT2D eigenvalue weighted by atomic mass is 10.1. The van der Waals surface area contributed by atoms with Crippen LogP contribution in [0.1, 0.15) is 16.1 Å². The predicted molar refractivity (Wildman–Crippen MR) is 123 cm³/mol. The minimum atomic E-state index is -0.0602. The number of aryl methyl sites for hydroxylation is 1. The third-order valence-electron chi connectivity index (χ3n) is 5.53. The van der Waals surface area contributed by atoms with Crippen LogP contribution in [0.5, 0.6) is 0 Å². The van der Waals surface area contributed by atoms with Gasteiger partial charge < -0.3 is 14.2 Å². The van der Waals surface area contributed by atoms with Gasteiger partial charge in [0.1, 0.15) is 22.4 Å². The van der Waals surface area contributed by atoms with Crippen LogP contribution < -0.4 is 4.90 Å². The van der Waals surface area contributed by atoms with E-state index in [9.17, 15) is 4.79 Å². The van der Waals surface area contributed by atoms with Gasteiger partial charge in [0, 0.05) is 32.4 Å². The summed E-state index contributed by atoms with van der Waals surface area (Å²) in [4.78, 5) is 21.9. The molecule has 1 aliphatic heterocycles. The van der Waals surface area contributed by atoms with Crippen LogP contribution in [-0.4, -0.2) is 51.8 Å². The van der Waals surface area contributed by atoms with E-state index in [-0.39, 0.29) is 5.91 Å². The van der Waals surface area contributed by atoms with Gasteiger partial charge in [0.2, 0.25) is 0 Å². The number of anilines is 1. The average Bonchev–Trinajstić information content (AvgIpc) is 3.46. The molecule has 0 unspecified atom stereocenters. The lowest BCUT2D eigenvalue weighted by Crippen LogP contribution is -2.49. The van der Waals surface area contributed by atoms with E-state index in [1.54, 1.807) is 16.9 Å². The van der Waals surface area contributed by atoms with Crippen LogP contribution in [0.15, 0.2) is 71.3 Å². The molecule has 0 atom stereocenters. The van der Waals surface area contributed by atoms with Gasteiger partial charge in [-0.25, -0.2) is 9.67 Å². The third kappa shape index (κ3) is 3.99. The molecule has 5 rings (SSSR count). The molecule has 0 N–H and O–H groups in total. The van der Waals surface area contributed by atoms with Crippen LogP contribution in [0.25, 0.3) is 17.1 Å². The van der Waals surface area contributed by atoms with Gasteiger partial charge in [0.15, 0.2) is 5.76 Å². The summed E-state index contributed by atoms with van der Waals surface area (Å²) >= 11 is 6.03. The number of carbonyl (C=O) groups excluding carboxylic acids is 1. The molecule has 1 amide bonds. The van der Waals surface area contributed by atoms with E-state index in [1.807, 2.05) is 66.4 Å². The van der Waals surface area contributed by atoms with Crippen LogP contribution in [-0.2, 0) is 0 Å². The Bertz CT molecular complexity index is 1240. The molecule has 162 valence electrons. The molecule has 4 heterocycles. The average molecular weight is 448 g/mol. The number of aromatic nitrogens is 3. The van der Waals surface area contributed by atoms with E-state index in [4.69, 9.17) is 21.1 Å². The summed E-state index contributed by atoms with van der Waals surface area (Å²) in [6.07, 6.45) is 1.79. The Kier molecular flexibility index (Phi) is 5.41. The van der Waals surface area contributed by atoms with Gasteiger partial charge in [-0.05, 0) is 43.3 Å². The van der Waals surface area contributed by atoms with Crippen LogP contribution in [0, 0.1) is 6.92 Å². The number of benzene rings is 1. The van der Waals surface area contributed by atoms with Crippen molar-refractivity contribution in [2.24, 2.45) is 0 Å². The van der Waals surface area contributed by atoms with Crippen LogP contribution in [0.3, 0.4) is 0 Å². The second-order valence-electron chi connectivity index (χ2n) is 7.68. The van der Waals surface area contributed by atoms with Gasteiger partial charge in [-0.2, -0.15) is 5.10 Å². The maximum atomic E-state index is 13.5. The van der Waals surface area contributed by atoms with E-state index in [0.717, 1.165) is 17.3 Å². The Morgan fingerprint density at radius 3 is 2.44 bits per heavy atom. The summed E-state index contributed by atoms with van der Waals surface area (Å²) < 4.78 is 7.54. The second kappa shape index (κ2) is 8.51. The molecule has 1 saturated heterocycles. The Hall–Kier alpha value is -3.58. The fraction of sp³-hybridized carbons (Fsp3) is 0.208.